The van der Waals surface area contributed by atoms with Crippen molar-refractivity contribution in [3.05, 3.63) is 23.7 Å². The number of rotatable bonds is 4. The monoisotopic (exact) mass is 211 g/mol. The first-order valence-electron chi connectivity index (χ1n) is 4.64. The van der Waals surface area contributed by atoms with Crippen LogP contribution < -0.4 is 5.32 Å². The maximum absolute atomic E-state index is 11.5. The summed E-state index contributed by atoms with van der Waals surface area (Å²) >= 11 is 0. The van der Waals surface area contributed by atoms with Crippen molar-refractivity contribution in [1.82, 2.24) is 5.32 Å². The van der Waals surface area contributed by atoms with Gasteiger partial charge in [0.25, 0.3) is 5.91 Å². The lowest BCUT2D eigenvalue weighted by atomic mass is 10.2. The fraction of sp³-hybridized carbons (Fsp3) is 0.400. The molecule has 5 heteroatoms. The maximum atomic E-state index is 11.5. The fourth-order valence-electron chi connectivity index (χ4n) is 1.12. The quantitative estimate of drug-likeness (QED) is 0.783. The van der Waals surface area contributed by atoms with Crippen LogP contribution in [0.25, 0.3) is 0 Å². The van der Waals surface area contributed by atoms with Crippen LogP contribution in [0.3, 0.4) is 0 Å². The minimum atomic E-state index is -1.05. The highest BCUT2D eigenvalue weighted by atomic mass is 16.4. The van der Waals surface area contributed by atoms with E-state index < -0.39 is 17.9 Å². The molecular formula is C10H13NO4. The van der Waals surface area contributed by atoms with Crippen molar-refractivity contribution in [3.8, 4) is 0 Å². The van der Waals surface area contributed by atoms with Crippen LogP contribution in [0.1, 0.15) is 29.7 Å². The van der Waals surface area contributed by atoms with E-state index in [1.54, 1.807) is 19.9 Å². The van der Waals surface area contributed by atoms with Gasteiger partial charge in [0.1, 0.15) is 11.8 Å². The number of aliphatic carboxylic acids is 1. The first kappa shape index (κ1) is 11.3. The first-order valence-corrected chi connectivity index (χ1v) is 4.64. The normalized spacial score (nSPS) is 12.1. The van der Waals surface area contributed by atoms with Gasteiger partial charge in [0.05, 0.1) is 0 Å². The second kappa shape index (κ2) is 4.63. The maximum Gasteiger partial charge on any atom is 0.326 e. The predicted octanol–water partition coefficient (Wildman–Crippen LogP) is 1.18. The van der Waals surface area contributed by atoms with Gasteiger partial charge in [0.2, 0.25) is 0 Å². The molecule has 82 valence electrons. The molecule has 2 N–H and O–H groups in total. The molecule has 1 unspecified atom stereocenters. The second-order valence-electron chi connectivity index (χ2n) is 3.18. The van der Waals surface area contributed by atoms with Gasteiger partial charge in [-0.2, -0.15) is 0 Å². The van der Waals surface area contributed by atoms with Gasteiger partial charge in [-0.1, -0.05) is 6.92 Å². The van der Waals surface area contributed by atoms with Gasteiger partial charge in [-0.3, -0.25) is 4.79 Å². The lowest BCUT2D eigenvalue weighted by molar-refractivity contribution is -0.139. The van der Waals surface area contributed by atoms with Gasteiger partial charge in [-0.25, -0.2) is 4.79 Å². The minimum absolute atomic E-state index is 0.132. The molecule has 1 aromatic rings. The molecule has 1 heterocycles. The number of furan rings is 1. The molecule has 0 spiro atoms. The second-order valence-corrected chi connectivity index (χ2v) is 3.18. The molecule has 0 bridgehead atoms. The number of amides is 1. The van der Waals surface area contributed by atoms with E-state index in [0.29, 0.717) is 12.2 Å². The van der Waals surface area contributed by atoms with Gasteiger partial charge in [0, 0.05) is 0 Å². The van der Waals surface area contributed by atoms with Crippen molar-refractivity contribution in [2.24, 2.45) is 0 Å². The number of carbonyl (C=O) groups excluding carboxylic acids is 1. The zero-order chi connectivity index (χ0) is 11.4. The van der Waals surface area contributed by atoms with Gasteiger partial charge >= 0.3 is 5.97 Å². The van der Waals surface area contributed by atoms with Crippen molar-refractivity contribution >= 4 is 11.9 Å². The van der Waals surface area contributed by atoms with E-state index in [0.717, 1.165) is 0 Å². The Morgan fingerprint density at radius 1 is 1.53 bits per heavy atom. The number of carboxylic acids is 1. The molecule has 0 saturated heterocycles. The van der Waals surface area contributed by atoms with E-state index in [4.69, 9.17) is 9.52 Å². The van der Waals surface area contributed by atoms with Crippen LogP contribution in [-0.2, 0) is 4.79 Å². The van der Waals surface area contributed by atoms with Crippen molar-refractivity contribution in [2.75, 3.05) is 0 Å². The fourth-order valence-corrected chi connectivity index (χ4v) is 1.12. The number of hydrogen-bond donors (Lipinski definition) is 2. The summed E-state index contributed by atoms with van der Waals surface area (Å²) in [5.41, 5.74) is 0. The van der Waals surface area contributed by atoms with Crippen LogP contribution in [0.2, 0.25) is 0 Å². The summed E-state index contributed by atoms with van der Waals surface area (Å²) in [6.07, 6.45) is 0.334. The average Bonchev–Trinajstić information content (AvgIpc) is 2.60. The van der Waals surface area contributed by atoms with Crippen LogP contribution in [-0.4, -0.2) is 23.0 Å². The third kappa shape index (κ3) is 2.83. The number of nitrogens with one attached hydrogen (secondary N) is 1. The first-order chi connectivity index (χ1) is 7.04. The van der Waals surface area contributed by atoms with Crippen LogP contribution in [0.4, 0.5) is 0 Å². The molecule has 0 aliphatic heterocycles. The summed E-state index contributed by atoms with van der Waals surface area (Å²) in [5, 5.41) is 11.1. The molecule has 0 aromatic carbocycles. The molecule has 0 fully saturated rings. The number of aryl methyl sites for hydroxylation is 1. The van der Waals surface area contributed by atoms with E-state index in [2.05, 4.69) is 5.32 Å². The molecule has 1 amide bonds. The van der Waals surface area contributed by atoms with Crippen molar-refractivity contribution in [1.29, 1.82) is 0 Å². The zero-order valence-electron chi connectivity index (χ0n) is 8.61. The zero-order valence-corrected chi connectivity index (χ0v) is 8.61. The van der Waals surface area contributed by atoms with Crippen molar-refractivity contribution in [2.45, 2.75) is 26.3 Å². The Kier molecular flexibility index (Phi) is 3.49. The van der Waals surface area contributed by atoms with Crippen LogP contribution >= 0.6 is 0 Å². The van der Waals surface area contributed by atoms with Crippen LogP contribution in [0.5, 0.6) is 0 Å². The van der Waals surface area contributed by atoms with Gasteiger partial charge in [-0.15, -0.1) is 0 Å². The summed E-state index contributed by atoms with van der Waals surface area (Å²) in [7, 11) is 0. The van der Waals surface area contributed by atoms with E-state index in [-0.39, 0.29) is 5.76 Å². The van der Waals surface area contributed by atoms with Crippen molar-refractivity contribution in [3.63, 3.8) is 0 Å². The Balaban J connectivity index is 2.66. The van der Waals surface area contributed by atoms with E-state index in [1.165, 1.54) is 6.07 Å². The molecule has 1 aromatic heterocycles. The van der Waals surface area contributed by atoms with Gasteiger partial charge in [0.15, 0.2) is 5.76 Å². The Morgan fingerprint density at radius 2 is 2.20 bits per heavy atom. The summed E-state index contributed by atoms with van der Waals surface area (Å²) in [4.78, 5) is 22.1. The highest BCUT2D eigenvalue weighted by Gasteiger charge is 2.19. The molecular weight excluding hydrogens is 198 g/mol. The summed E-state index contributed by atoms with van der Waals surface area (Å²) < 4.78 is 5.07. The average molecular weight is 211 g/mol. The molecule has 0 saturated carbocycles. The third-order valence-electron chi connectivity index (χ3n) is 1.98. The minimum Gasteiger partial charge on any atom is -0.480 e. The van der Waals surface area contributed by atoms with Gasteiger partial charge in [-0.05, 0) is 25.5 Å². The number of hydrogen-bond acceptors (Lipinski definition) is 3. The third-order valence-corrected chi connectivity index (χ3v) is 1.98. The molecule has 0 aliphatic carbocycles. The smallest absolute Gasteiger partial charge is 0.326 e. The van der Waals surface area contributed by atoms with E-state index >= 15 is 0 Å². The molecule has 5 nitrogen and oxygen atoms in total. The van der Waals surface area contributed by atoms with Crippen molar-refractivity contribution < 1.29 is 19.1 Å². The Hall–Kier alpha value is -1.78. The summed E-state index contributed by atoms with van der Waals surface area (Å²) in [6.45, 7) is 3.40. The van der Waals surface area contributed by atoms with Crippen LogP contribution in [0, 0.1) is 6.92 Å². The molecule has 1 rings (SSSR count). The Labute approximate surface area is 87.1 Å². The van der Waals surface area contributed by atoms with E-state index in [9.17, 15) is 9.59 Å². The summed E-state index contributed by atoms with van der Waals surface area (Å²) in [6, 6.07) is 2.29. The molecule has 1 atom stereocenters. The number of carbonyl (C=O) groups is 2. The predicted molar refractivity (Wildman–Crippen MR) is 52.6 cm³/mol. The summed E-state index contributed by atoms with van der Waals surface area (Å²) in [5.74, 6) is -0.804. The topological polar surface area (TPSA) is 79.5 Å². The van der Waals surface area contributed by atoms with Crippen LogP contribution in [0.15, 0.2) is 16.5 Å². The highest BCUT2D eigenvalue weighted by molar-refractivity contribution is 5.94. The Morgan fingerprint density at radius 3 is 2.60 bits per heavy atom. The molecule has 0 aliphatic rings. The molecule has 0 radical (unpaired) electrons. The Bertz CT molecular complexity index is 369. The largest absolute Gasteiger partial charge is 0.480 e. The van der Waals surface area contributed by atoms with Gasteiger partial charge < -0.3 is 14.8 Å². The lowest BCUT2D eigenvalue weighted by Crippen LogP contribution is -2.40. The van der Waals surface area contributed by atoms with E-state index in [1.807, 2.05) is 0 Å². The SMILES string of the molecule is CCC(NC(=O)c1ccc(C)o1)C(=O)O. The molecule has 15 heavy (non-hydrogen) atoms. The lowest BCUT2D eigenvalue weighted by Gasteiger charge is -2.10. The standard InChI is InChI=1S/C10H13NO4/c1-3-7(10(13)14)11-9(12)8-5-4-6(2)15-8/h4-5,7H,3H2,1-2H3,(H,11,12)(H,13,14). The highest BCUT2D eigenvalue weighted by Crippen LogP contribution is 2.06. The number of carboxylic acid groups (broad SMARTS) is 1.